The first-order valence-corrected chi connectivity index (χ1v) is 6.47. The number of aliphatic hydroxyl groups excluding tert-OH is 1. The van der Waals surface area contributed by atoms with E-state index in [9.17, 15) is 10.2 Å². The van der Waals surface area contributed by atoms with E-state index < -0.39 is 5.60 Å². The number of benzene rings is 1. The van der Waals surface area contributed by atoms with Crippen LogP contribution in [0.15, 0.2) is 12.1 Å². The van der Waals surface area contributed by atoms with E-state index in [0.717, 1.165) is 0 Å². The number of rotatable bonds is 5. The van der Waals surface area contributed by atoms with Gasteiger partial charge in [-0.15, -0.1) is 0 Å². The second-order valence-electron chi connectivity index (χ2n) is 4.83. The molecule has 5 heteroatoms. The summed E-state index contributed by atoms with van der Waals surface area (Å²) >= 11 is 11.9. The van der Waals surface area contributed by atoms with Crippen molar-refractivity contribution in [2.75, 3.05) is 6.61 Å². The first kappa shape index (κ1) is 15.6. The van der Waals surface area contributed by atoms with Gasteiger partial charge in [0.1, 0.15) is 12.4 Å². The molecule has 1 unspecified atom stereocenters. The smallest absolute Gasteiger partial charge is 0.143 e. The van der Waals surface area contributed by atoms with Crippen molar-refractivity contribution in [1.82, 2.24) is 0 Å². The molecule has 0 saturated heterocycles. The van der Waals surface area contributed by atoms with Crippen molar-refractivity contribution in [3.05, 3.63) is 27.7 Å². The maximum absolute atomic E-state index is 10.1. The average Bonchev–Trinajstić information content (AvgIpc) is 2.26. The van der Waals surface area contributed by atoms with Gasteiger partial charge in [0, 0.05) is 10.6 Å². The Hall–Kier alpha value is -0.480. The number of hydrogen-bond donors (Lipinski definition) is 2. The Bertz CT molecular complexity index is 417. The number of halogens is 2. The molecule has 0 heterocycles. The van der Waals surface area contributed by atoms with Crippen molar-refractivity contribution in [3.63, 3.8) is 0 Å². The predicted octanol–water partition coefficient (Wildman–Crippen LogP) is 3.27. The molecular weight excluding hydrogens is 275 g/mol. The molecule has 0 spiro atoms. The Morgan fingerprint density at radius 3 is 2.44 bits per heavy atom. The highest BCUT2D eigenvalue weighted by Gasteiger charge is 2.26. The van der Waals surface area contributed by atoms with Gasteiger partial charge in [-0.25, -0.2) is 0 Å². The van der Waals surface area contributed by atoms with E-state index in [0.29, 0.717) is 21.4 Å². The summed E-state index contributed by atoms with van der Waals surface area (Å²) in [5.41, 5.74) is -0.456. The quantitative estimate of drug-likeness (QED) is 0.876. The fourth-order valence-corrected chi connectivity index (χ4v) is 1.87. The van der Waals surface area contributed by atoms with Crippen LogP contribution >= 0.6 is 23.2 Å². The number of ether oxygens (including phenoxy) is 1. The molecule has 0 aliphatic carbocycles. The third-order valence-electron chi connectivity index (χ3n) is 3.01. The number of hydrogen-bond acceptors (Lipinski definition) is 3. The summed E-state index contributed by atoms with van der Waals surface area (Å²) in [6.45, 7) is 5.37. The van der Waals surface area contributed by atoms with Gasteiger partial charge < -0.3 is 14.9 Å². The minimum Gasteiger partial charge on any atom is -0.489 e. The SMILES string of the molecule is CC(C)C(C)(O)COc1c(Cl)cc(Cl)cc1CO. The molecule has 0 aliphatic rings. The Morgan fingerprint density at radius 2 is 1.94 bits per heavy atom. The van der Waals surface area contributed by atoms with Gasteiger partial charge in [0.2, 0.25) is 0 Å². The van der Waals surface area contributed by atoms with Crippen molar-refractivity contribution in [3.8, 4) is 5.75 Å². The lowest BCUT2D eigenvalue weighted by atomic mass is 9.94. The zero-order valence-corrected chi connectivity index (χ0v) is 12.2. The van der Waals surface area contributed by atoms with Crippen LogP contribution in [0.25, 0.3) is 0 Å². The molecule has 1 aromatic rings. The Morgan fingerprint density at radius 1 is 1.33 bits per heavy atom. The molecule has 0 fully saturated rings. The first-order chi connectivity index (χ1) is 8.27. The molecule has 1 atom stereocenters. The summed E-state index contributed by atoms with van der Waals surface area (Å²) < 4.78 is 5.54. The molecule has 102 valence electrons. The van der Waals surface area contributed by atoms with E-state index in [4.69, 9.17) is 27.9 Å². The summed E-state index contributed by atoms with van der Waals surface area (Å²) in [7, 11) is 0. The van der Waals surface area contributed by atoms with Gasteiger partial charge in [-0.05, 0) is 25.0 Å². The van der Waals surface area contributed by atoms with E-state index in [1.807, 2.05) is 13.8 Å². The first-order valence-electron chi connectivity index (χ1n) is 5.72. The van der Waals surface area contributed by atoms with Crippen molar-refractivity contribution in [2.45, 2.75) is 33.0 Å². The van der Waals surface area contributed by atoms with Crippen LogP contribution < -0.4 is 4.74 Å². The molecule has 0 bridgehead atoms. The van der Waals surface area contributed by atoms with Crippen LogP contribution in [-0.4, -0.2) is 22.4 Å². The van der Waals surface area contributed by atoms with Gasteiger partial charge in [0.25, 0.3) is 0 Å². The molecule has 3 nitrogen and oxygen atoms in total. The lowest BCUT2D eigenvalue weighted by Gasteiger charge is -2.28. The second-order valence-corrected chi connectivity index (χ2v) is 5.68. The van der Waals surface area contributed by atoms with Crippen molar-refractivity contribution >= 4 is 23.2 Å². The van der Waals surface area contributed by atoms with Crippen LogP contribution in [0.2, 0.25) is 10.0 Å². The van der Waals surface area contributed by atoms with Gasteiger partial charge in [-0.2, -0.15) is 0 Å². The summed E-state index contributed by atoms with van der Waals surface area (Å²) in [5.74, 6) is 0.408. The van der Waals surface area contributed by atoms with Crippen LogP contribution in [0.1, 0.15) is 26.3 Å². The highest BCUT2D eigenvalue weighted by atomic mass is 35.5. The lowest BCUT2D eigenvalue weighted by molar-refractivity contribution is -0.0270. The van der Waals surface area contributed by atoms with Crippen LogP contribution in [-0.2, 0) is 6.61 Å². The predicted molar refractivity (Wildman–Crippen MR) is 73.3 cm³/mol. The summed E-state index contributed by atoms with van der Waals surface area (Å²) in [4.78, 5) is 0. The van der Waals surface area contributed by atoms with Crippen LogP contribution in [0.3, 0.4) is 0 Å². The molecule has 1 aromatic carbocycles. The highest BCUT2D eigenvalue weighted by molar-refractivity contribution is 6.35. The zero-order chi connectivity index (χ0) is 13.9. The summed E-state index contributed by atoms with van der Waals surface area (Å²) in [6, 6.07) is 3.13. The van der Waals surface area contributed by atoms with Crippen molar-refractivity contribution in [2.24, 2.45) is 5.92 Å². The minimum atomic E-state index is -0.963. The van der Waals surface area contributed by atoms with Gasteiger partial charge >= 0.3 is 0 Å². The molecule has 0 aliphatic heterocycles. The van der Waals surface area contributed by atoms with Gasteiger partial charge in [0.05, 0.1) is 17.2 Å². The van der Waals surface area contributed by atoms with Crippen LogP contribution in [0, 0.1) is 5.92 Å². The molecular formula is C13H18Cl2O3. The highest BCUT2D eigenvalue weighted by Crippen LogP contribution is 2.33. The molecule has 0 aromatic heterocycles. The topological polar surface area (TPSA) is 49.7 Å². The van der Waals surface area contributed by atoms with Crippen molar-refractivity contribution in [1.29, 1.82) is 0 Å². The lowest BCUT2D eigenvalue weighted by Crippen LogP contribution is -2.38. The fraction of sp³-hybridized carbons (Fsp3) is 0.538. The molecule has 0 radical (unpaired) electrons. The third-order valence-corrected chi connectivity index (χ3v) is 3.51. The monoisotopic (exact) mass is 292 g/mol. The second kappa shape index (κ2) is 6.11. The molecule has 0 saturated carbocycles. The minimum absolute atomic E-state index is 0.0427. The van der Waals surface area contributed by atoms with E-state index >= 15 is 0 Å². The third kappa shape index (κ3) is 3.75. The average molecular weight is 293 g/mol. The van der Waals surface area contributed by atoms with E-state index in [2.05, 4.69) is 0 Å². The zero-order valence-electron chi connectivity index (χ0n) is 10.7. The summed E-state index contributed by atoms with van der Waals surface area (Å²) in [6.07, 6.45) is 0. The summed E-state index contributed by atoms with van der Waals surface area (Å²) in [5, 5.41) is 20.1. The molecule has 1 rings (SSSR count). The Balaban J connectivity index is 2.91. The van der Waals surface area contributed by atoms with E-state index in [1.54, 1.807) is 19.1 Å². The molecule has 0 amide bonds. The standard InChI is InChI=1S/C13H18Cl2O3/c1-8(2)13(3,17)7-18-12-9(6-16)4-10(14)5-11(12)15/h4-5,8,16-17H,6-7H2,1-3H3. The fourth-order valence-electron chi connectivity index (χ4n) is 1.28. The van der Waals surface area contributed by atoms with Gasteiger partial charge in [-0.1, -0.05) is 37.0 Å². The van der Waals surface area contributed by atoms with Crippen LogP contribution in [0.5, 0.6) is 5.75 Å². The Labute approximate surface area is 117 Å². The molecule has 2 N–H and O–H groups in total. The van der Waals surface area contributed by atoms with E-state index in [-0.39, 0.29) is 19.1 Å². The van der Waals surface area contributed by atoms with Crippen molar-refractivity contribution < 1.29 is 14.9 Å². The largest absolute Gasteiger partial charge is 0.489 e. The van der Waals surface area contributed by atoms with E-state index in [1.165, 1.54) is 0 Å². The maximum Gasteiger partial charge on any atom is 0.143 e. The molecule has 18 heavy (non-hydrogen) atoms. The van der Waals surface area contributed by atoms with Crippen LogP contribution in [0.4, 0.5) is 0 Å². The van der Waals surface area contributed by atoms with Gasteiger partial charge in [0.15, 0.2) is 0 Å². The normalized spacial score (nSPS) is 14.7. The van der Waals surface area contributed by atoms with Gasteiger partial charge in [-0.3, -0.25) is 0 Å². The Kier molecular flexibility index (Phi) is 5.29. The number of aliphatic hydroxyl groups is 2. The maximum atomic E-state index is 10.1.